The van der Waals surface area contributed by atoms with Crippen LogP contribution in [0.1, 0.15) is 29.7 Å². The Hall–Kier alpha value is -1.51. The van der Waals surface area contributed by atoms with Crippen LogP contribution in [0, 0.1) is 13.8 Å². The van der Waals surface area contributed by atoms with Gasteiger partial charge >= 0.3 is 0 Å². The minimum absolute atomic E-state index is 0.174. The van der Waals surface area contributed by atoms with E-state index in [0.29, 0.717) is 11.6 Å². The molecule has 2 nitrogen and oxygen atoms in total. The quantitative estimate of drug-likeness (QED) is 0.836. The summed E-state index contributed by atoms with van der Waals surface area (Å²) < 4.78 is 5.89. The molecule has 2 rings (SSSR count). The first-order chi connectivity index (χ1) is 10.1. The SMILES string of the molecule is CCNC(COc1cccc(Cl)c1)c1cc(C)cc(C)c1. The van der Waals surface area contributed by atoms with Gasteiger partial charge in [0.05, 0.1) is 6.04 Å². The van der Waals surface area contributed by atoms with Crippen molar-refractivity contribution in [3.8, 4) is 5.75 Å². The van der Waals surface area contributed by atoms with Gasteiger partial charge in [-0.05, 0) is 44.2 Å². The van der Waals surface area contributed by atoms with Gasteiger partial charge in [-0.3, -0.25) is 0 Å². The Morgan fingerprint density at radius 1 is 1.10 bits per heavy atom. The van der Waals surface area contributed by atoms with Gasteiger partial charge in [0.25, 0.3) is 0 Å². The normalized spacial score (nSPS) is 12.2. The lowest BCUT2D eigenvalue weighted by Gasteiger charge is -2.20. The fraction of sp³-hybridized carbons (Fsp3) is 0.333. The summed E-state index contributed by atoms with van der Waals surface area (Å²) in [6.45, 7) is 7.83. The topological polar surface area (TPSA) is 21.3 Å². The molecule has 0 amide bonds. The Balaban J connectivity index is 2.11. The van der Waals surface area contributed by atoms with E-state index in [1.54, 1.807) is 0 Å². The maximum Gasteiger partial charge on any atom is 0.120 e. The molecule has 112 valence electrons. The molecular formula is C18H22ClNO. The third-order valence-corrected chi connectivity index (χ3v) is 3.54. The van der Waals surface area contributed by atoms with Gasteiger partial charge in [-0.25, -0.2) is 0 Å². The molecule has 0 aliphatic carbocycles. The second-order valence-corrected chi connectivity index (χ2v) is 5.74. The van der Waals surface area contributed by atoms with E-state index < -0.39 is 0 Å². The van der Waals surface area contributed by atoms with Gasteiger partial charge in [0, 0.05) is 5.02 Å². The van der Waals surface area contributed by atoms with Gasteiger partial charge in [0.15, 0.2) is 0 Å². The second-order valence-electron chi connectivity index (χ2n) is 5.30. The average molecular weight is 304 g/mol. The Bertz CT molecular complexity index is 577. The first-order valence-electron chi connectivity index (χ1n) is 7.28. The van der Waals surface area contributed by atoms with Crippen LogP contribution in [0.3, 0.4) is 0 Å². The highest BCUT2D eigenvalue weighted by Crippen LogP contribution is 2.21. The highest BCUT2D eigenvalue weighted by molar-refractivity contribution is 6.30. The third-order valence-electron chi connectivity index (χ3n) is 3.31. The third kappa shape index (κ3) is 4.76. The molecule has 0 aliphatic rings. The van der Waals surface area contributed by atoms with E-state index in [0.717, 1.165) is 12.3 Å². The number of hydrogen-bond donors (Lipinski definition) is 1. The molecule has 2 aromatic carbocycles. The fourth-order valence-electron chi connectivity index (χ4n) is 2.47. The molecule has 0 spiro atoms. The molecule has 1 atom stereocenters. The Kier molecular flexibility index (Phi) is 5.66. The first kappa shape index (κ1) is 15.9. The molecule has 0 radical (unpaired) electrons. The molecule has 0 bridgehead atoms. The van der Waals surface area contributed by atoms with Crippen LogP contribution >= 0.6 is 11.6 Å². The van der Waals surface area contributed by atoms with Gasteiger partial charge in [-0.15, -0.1) is 0 Å². The van der Waals surface area contributed by atoms with Crippen LogP contribution in [0.15, 0.2) is 42.5 Å². The summed E-state index contributed by atoms with van der Waals surface area (Å²) in [5.74, 6) is 0.801. The van der Waals surface area contributed by atoms with E-state index in [-0.39, 0.29) is 6.04 Å². The first-order valence-corrected chi connectivity index (χ1v) is 7.66. The standard InChI is InChI=1S/C18H22ClNO/c1-4-20-18(15-9-13(2)8-14(3)10-15)12-21-17-7-5-6-16(19)11-17/h5-11,18,20H,4,12H2,1-3H3. The number of ether oxygens (including phenoxy) is 1. The average Bonchev–Trinajstić information content (AvgIpc) is 2.42. The molecule has 21 heavy (non-hydrogen) atoms. The summed E-state index contributed by atoms with van der Waals surface area (Å²) in [6, 6.07) is 14.3. The highest BCUT2D eigenvalue weighted by atomic mass is 35.5. The maximum absolute atomic E-state index is 5.98. The molecule has 1 unspecified atom stereocenters. The van der Waals surface area contributed by atoms with E-state index >= 15 is 0 Å². The largest absolute Gasteiger partial charge is 0.492 e. The minimum Gasteiger partial charge on any atom is -0.492 e. The molecule has 0 saturated carbocycles. The van der Waals surface area contributed by atoms with Gasteiger partial charge in [0.2, 0.25) is 0 Å². The van der Waals surface area contributed by atoms with Gasteiger partial charge in [-0.1, -0.05) is 53.9 Å². The van der Waals surface area contributed by atoms with Crippen LogP contribution in [0.5, 0.6) is 5.75 Å². The molecule has 2 aromatic rings. The van der Waals surface area contributed by atoms with Crippen LogP contribution in [0.2, 0.25) is 5.02 Å². The van der Waals surface area contributed by atoms with E-state index in [1.807, 2.05) is 24.3 Å². The number of aryl methyl sites for hydroxylation is 2. The van der Waals surface area contributed by atoms with Crippen molar-refractivity contribution in [1.29, 1.82) is 0 Å². The monoisotopic (exact) mass is 303 g/mol. The van der Waals surface area contributed by atoms with Gasteiger partial charge < -0.3 is 10.1 Å². The fourth-order valence-corrected chi connectivity index (χ4v) is 2.65. The number of halogens is 1. The lowest BCUT2D eigenvalue weighted by Crippen LogP contribution is -2.26. The highest BCUT2D eigenvalue weighted by Gasteiger charge is 2.12. The second kappa shape index (κ2) is 7.48. The van der Waals surface area contributed by atoms with Crippen LogP contribution in [-0.4, -0.2) is 13.2 Å². The van der Waals surface area contributed by atoms with Crippen molar-refractivity contribution in [1.82, 2.24) is 5.32 Å². The maximum atomic E-state index is 5.98. The number of nitrogens with one attached hydrogen (secondary N) is 1. The molecular weight excluding hydrogens is 282 g/mol. The predicted octanol–water partition coefficient (Wildman–Crippen LogP) is 4.69. The summed E-state index contributed by atoms with van der Waals surface area (Å²) in [4.78, 5) is 0. The minimum atomic E-state index is 0.174. The van der Waals surface area contributed by atoms with Crippen LogP contribution in [0.25, 0.3) is 0 Å². The summed E-state index contributed by atoms with van der Waals surface area (Å²) in [7, 11) is 0. The Morgan fingerprint density at radius 2 is 1.81 bits per heavy atom. The molecule has 0 saturated heterocycles. The zero-order valence-corrected chi connectivity index (χ0v) is 13.6. The van der Waals surface area contributed by atoms with Gasteiger partial charge in [-0.2, -0.15) is 0 Å². The number of benzene rings is 2. The number of likely N-dealkylation sites (N-methyl/N-ethyl adjacent to an activating group) is 1. The lowest BCUT2D eigenvalue weighted by molar-refractivity contribution is 0.268. The van der Waals surface area contributed by atoms with Crippen molar-refractivity contribution in [3.63, 3.8) is 0 Å². The van der Waals surface area contributed by atoms with Crippen LogP contribution in [-0.2, 0) is 0 Å². The zero-order chi connectivity index (χ0) is 15.2. The van der Waals surface area contributed by atoms with Gasteiger partial charge in [0.1, 0.15) is 12.4 Å². The lowest BCUT2D eigenvalue weighted by atomic mass is 10.0. The van der Waals surface area contributed by atoms with Crippen molar-refractivity contribution in [2.24, 2.45) is 0 Å². The van der Waals surface area contributed by atoms with Crippen LogP contribution < -0.4 is 10.1 Å². The van der Waals surface area contributed by atoms with Crippen molar-refractivity contribution in [2.75, 3.05) is 13.2 Å². The molecule has 0 aromatic heterocycles. The molecule has 0 aliphatic heterocycles. The van der Waals surface area contributed by atoms with Crippen molar-refractivity contribution < 1.29 is 4.74 Å². The number of hydrogen-bond acceptors (Lipinski definition) is 2. The summed E-state index contributed by atoms with van der Waals surface area (Å²) >= 11 is 5.98. The Morgan fingerprint density at radius 3 is 2.43 bits per heavy atom. The van der Waals surface area contributed by atoms with Crippen molar-refractivity contribution in [3.05, 3.63) is 64.2 Å². The van der Waals surface area contributed by atoms with E-state index in [2.05, 4.69) is 44.3 Å². The van der Waals surface area contributed by atoms with E-state index in [4.69, 9.17) is 16.3 Å². The molecule has 0 heterocycles. The molecule has 1 N–H and O–H groups in total. The summed E-state index contributed by atoms with van der Waals surface area (Å²) in [5, 5.41) is 4.17. The molecule has 3 heteroatoms. The smallest absolute Gasteiger partial charge is 0.120 e. The van der Waals surface area contributed by atoms with E-state index in [1.165, 1.54) is 16.7 Å². The zero-order valence-electron chi connectivity index (χ0n) is 12.8. The molecule has 0 fully saturated rings. The van der Waals surface area contributed by atoms with Crippen molar-refractivity contribution >= 4 is 11.6 Å². The number of rotatable bonds is 6. The van der Waals surface area contributed by atoms with Crippen molar-refractivity contribution in [2.45, 2.75) is 26.8 Å². The predicted molar refractivity (Wildman–Crippen MR) is 89.3 cm³/mol. The Labute approximate surface area is 132 Å². The summed E-state index contributed by atoms with van der Waals surface area (Å²) in [6.07, 6.45) is 0. The van der Waals surface area contributed by atoms with Crippen LogP contribution in [0.4, 0.5) is 0 Å². The van der Waals surface area contributed by atoms with E-state index in [9.17, 15) is 0 Å². The summed E-state index contributed by atoms with van der Waals surface area (Å²) in [5.41, 5.74) is 3.81.